The second-order valence-electron chi connectivity index (χ2n) is 14.2. The molecule has 0 bridgehead atoms. The van der Waals surface area contributed by atoms with Gasteiger partial charge in [-0.15, -0.1) is 0 Å². The summed E-state index contributed by atoms with van der Waals surface area (Å²) in [6.45, 7) is 4.75. The molecule has 8 nitrogen and oxygen atoms in total. The molecule has 0 aromatic rings. The first-order valence-corrected chi connectivity index (χ1v) is 23.4. The van der Waals surface area contributed by atoms with E-state index < -0.39 is 13.9 Å². The number of nitrogens with two attached hydrogens (primary N) is 1. The minimum absolute atomic E-state index is 0.0958. The van der Waals surface area contributed by atoms with Crippen LogP contribution in [-0.2, 0) is 27.9 Å². The van der Waals surface area contributed by atoms with Crippen LogP contribution in [0.2, 0.25) is 0 Å². The zero-order valence-electron chi connectivity index (χ0n) is 35.1. The van der Waals surface area contributed by atoms with Crippen molar-refractivity contribution in [1.82, 2.24) is 0 Å². The van der Waals surface area contributed by atoms with Crippen molar-refractivity contribution in [2.24, 2.45) is 5.73 Å². The monoisotopic (exact) mass is 792 g/mol. The Bertz CT molecular complexity index is 1070. The number of carbonyl (C=O) groups is 1. The van der Waals surface area contributed by atoms with E-state index in [4.69, 9.17) is 24.3 Å². The van der Waals surface area contributed by atoms with Crippen LogP contribution in [0, 0.1) is 0 Å². The molecule has 0 fully saturated rings. The van der Waals surface area contributed by atoms with E-state index in [9.17, 15) is 14.3 Å². The quantitative estimate of drug-likeness (QED) is 0.0272. The predicted molar refractivity (Wildman–Crippen MR) is 233 cm³/mol. The summed E-state index contributed by atoms with van der Waals surface area (Å²) in [7, 11) is -4.28. The van der Waals surface area contributed by atoms with Gasteiger partial charge in [0.15, 0.2) is 0 Å². The van der Waals surface area contributed by atoms with Crippen LogP contribution in [0.15, 0.2) is 72.9 Å². The first kappa shape index (κ1) is 52.9. The van der Waals surface area contributed by atoms with Gasteiger partial charge in [-0.1, -0.05) is 177 Å². The van der Waals surface area contributed by atoms with Crippen LogP contribution in [0.25, 0.3) is 0 Å². The number of hydrogen-bond donors (Lipinski definition) is 2. The Morgan fingerprint density at radius 2 is 1.02 bits per heavy atom. The Hall–Kier alpha value is -2.06. The summed E-state index contributed by atoms with van der Waals surface area (Å²) < 4.78 is 33.4. The van der Waals surface area contributed by atoms with Crippen molar-refractivity contribution in [2.75, 3.05) is 33.0 Å². The lowest BCUT2D eigenvalue weighted by molar-refractivity contribution is -0.154. The molecule has 0 aliphatic heterocycles. The molecule has 0 aromatic carbocycles. The van der Waals surface area contributed by atoms with Gasteiger partial charge in [0.2, 0.25) is 0 Å². The summed E-state index contributed by atoms with van der Waals surface area (Å²) in [5.74, 6) is -0.340. The van der Waals surface area contributed by atoms with Crippen molar-refractivity contribution in [3.63, 3.8) is 0 Å². The van der Waals surface area contributed by atoms with Crippen LogP contribution in [-0.4, -0.2) is 49.9 Å². The lowest BCUT2D eigenvalue weighted by Gasteiger charge is -2.20. The molecule has 0 aliphatic rings. The fourth-order valence-electron chi connectivity index (χ4n) is 5.70. The fraction of sp³-hybridized carbons (Fsp3) is 0.717. The standard InChI is InChI=1S/C46H82NO7P/c1-3-5-7-9-11-13-15-16-17-18-19-20-21-22-23-24-25-26-27-28-29-30-32-34-36-38-41-51-43-45(44-53-55(49,50)52-42-40-47)54-46(48)39-37-35-33-31-14-12-10-8-6-4-2/h5,7,11,13,16-17,19-20,22-23,25-26,45H,3-4,6,8-10,12,14-15,18,21,24,27-44,47H2,1-2H3,(H,49,50)/b7-5-,13-11-,17-16-,20-19-,23-22-,26-25-. The van der Waals surface area contributed by atoms with Crippen LogP contribution in [0.5, 0.6) is 0 Å². The highest BCUT2D eigenvalue weighted by Crippen LogP contribution is 2.43. The molecule has 3 N–H and O–H groups in total. The molecule has 0 amide bonds. The molecule has 0 rings (SSSR count). The van der Waals surface area contributed by atoms with E-state index in [-0.39, 0.29) is 32.3 Å². The molecule has 0 heterocycles. The SMILES string of the molecule is CC/C=C\C/C=C\C/C=C\C/C=C\C/C=C\C/C=C\CCCCCCCCCOCC(COP(=O)(O)OCCN)OC(=O)CCCCCCCCCCCC. The largest absolute Gasteiger partial charge is 0.472 e. The first-order chi connectivity index (χ1) is 26.9. The van der Waals surface area contributed by atoms with Gasteiger partial charge < -0.3 is 20.1 Å². The maximum Gasteiger partial charge on any atom is 0.472 e. The molecule has 0 aromatic heterocycles. The Morgan fingerprint density at radius 1 is 0.564 bits per heavy atom. The van der Waals surface area contributed by atoms with E-state index in [2.05, 4.69) is 86.8 Å². The van der Waals surface area contributed by atoms with Crippen molar-refractivity contribution in [3.05, 3.63) is 72.9 Å². The molecule has 2 atom stereocenters. The topological polar surface area (TPSA) is 117 Å². The number of allylic oxidation sites excluding steroid dienone is 12. The van der Waals surface area contributed by atoms with Crippen molar-refractivity contribution in [3.8, 4) is 0 Å². The van der Waals surface area contributed by atoms with Gasteiger partial charge in [0, 0.05) is 19.6 Å². The minimum atomic E-state index is -4.28. The Balaban J connectivity index is 3.98. The van der Waals surface area contributed by atoms with E-state index in [1.807, 2.05) is 0 Å². The molecular weight excluding hydrogens is 709 g/mol. The number of hydrogen-bond acceptors (Lipinski definition) is 7. The summed E-state index contributed by atoms with van der Waals surface area (Å²) in [5.41, 5.74) is 5.36. The highest BCUT2D eigenvalue weighted by molar-refractivity contribution is 7.47. The zero-order valence-corrected chi connectivity index (χ0v) is 36.0. The lowest BCUT2D eigenvalue weighted by Crippen LogP contribution is -2.28. The Morgan fingerprint density at radius 3 is 1.53 bits per heavy atom. The Kier molecular flexibility index (Phi) is 41.5. The number of unbranched alkanes of at least 4 members (excludes halogenated alkanes) is 16. The fourth-order valence-corrected chi connectivity index (χ4v) is 6.47. The molecule has 55 heavy (non-hydrogen) atoms. The molecule has 0 aliphatic carbocycles. The van der Waals surface area contributed by atoms with Crippen molar-refractivity contribution >= 4 is 13.8 Å². The van der Waals surface area contributed by atoms with Gasteiger partial charge in [-0.2, -0.15) is 0 Å². The number of rotatable bonds is 41. The smallest absolute Gasteiger partial charge is 0.457 e. The lowest BCUT2D eigenvalue weighted by atomic mass is 10.1. The van der Waals surface area contributed by atoms with Crippen LogP contribution in [0.3, 0.4) is 0 Å². The average molecular weight is 792 g/mol. The van der Waals surface area contributed by atoms with Crippen LogP contribution in [0.4, 0.5) is 0 Å². The van der Waals surface area contributed by atoms with Crippen LogP contribution in [0.1, 0.15) is 174 Å². The van der Waals surface area contributed by atoms with Gasteiger partial charge >= 0.3 is 13.8 Å². The predicted octanol–water partition coefficient (Wildman–Crippen LogP) is 13.1. The third-order valence-electron chi connectivity index (χ3n) is 8.89. The third-order valence-corrected chi connectivity index (χ3v) is 9.87. The highest BCUT2D eigenvalue weighted by atomic mass is 31.2. The number of carbonyl (C=O) groups excluding carboxylic acids is 1. The number of esters is 1. The molecular formula is C46H82NO7P. The maximum absolute atomic E-state index is 12.5. The van der Waals surface area contributed by atoms with Crippen LogP contribution >= 0.6 is 7.82 Å². The number of phosphoric ester groups is 1. The molecule has 0 saturated carbocycles. The Labute approximate surface area is 337 Å². The van der Waals surface area contributed by atoms with E-state index in [0.717, 1.165) is 83.5 Å². The molecule has 318 valence electrons. The summed E-state index contributed by atoms with van der Waals surface area (Å²) in [4.78, 5) is 22.4. The summed E-state index contributed by atoms with van der Waals surface area (Å²) in [6, 6.07) is 0. The molecule has 0 radical (unpaired) electrons. The van der Waals surface area contributed by atoms with Gasteiger partial charge in [-0.05, 0) is 64.2 Å². The van der Waals surface area contributed by atoms with Crippen molar-refractivity contribution in [2.45, 2.75) is 180 Å². The van der Waals surface area contributed by atoms with Gasteiger partial charge in [0.25, 0.3) is 0 Å². The van der Waals surface area contributed by atoms with Gasteiger partial charge in [-0.3, -0.25) is 13.8 Å². The summed E-state index contributed by atoms with van der Waals surface area (Å²) in [5, 5.41) is 0. The van der Waals surface area contributed by atoms with Crippen molar-refractivity contribution in [1.29, 1.82) is 0 Å². The van der Waals surface area contributed by atoms with E-state index in [1.165, 1.54) is 70.6 Å². The zero-order chi connectivity index (χ0) is 40.2. The van der Waals surface area contributed by atoms with E-state index in [0.29, 0.717) is 13.0 Å². The summed E-state index contributed by atoms with van der Waals surface area (Å²) >= 11 is 0. The number of phosphoric acid groups is 1. The van der Waals surface area contributed by atoms with Crippen molar-refractivity contribution < 1.29 is 32.8 Å². The van der Waals surface area contributed by atoms with Gasteiger partial charge in [0.05, 0.1) is 19.8 Å². The maximum atomic E-state index is 12.5. The average Bonchev–Trinajstić information content (AvgIpc) is 3.17. The van der Waals surface area contributed by atoms with Gasteiger partial charge in [-0.25, -0.2) is 4.57 Å². The van der Waals surface area contributed by atoms with Crippen LogP contribution < -0.4 is 5.73 Å². The summed E-state index contributed by atoms with van der Waals surface area (Å²) in [6.07, 6.45) is 53.6. The number of ether oxygens (including phenoxy) is 2. The van der Waals surface area contributed by atoms with Gasteiger partial charge in [0.1, 0.15) is 6.10 Å². The normalized spacial score (nSPS) is 14.2. The van der Waals surface area contributed by atoms with E-state index >= 15 is 0 Å². The highest BCUT2D eigenvalue weighted by Gasteiger charge is 2.25. The second kappa shape index (κ2) is 43.1. The molecule has 9 heteroatoms. The van der Waals surface area contributed by atoms with E-state index in [1.54, 1.807) is 0 Å². The first-order valence-electron chi connectivity index (χ1n) is 21.9. The second-order valence-corrected chi connectivity index (χ2v) is 15.6. The molecule has 0 saturated heterocycles. The molecule has 2 unspecified atom stereocenters. The third kappa shape index (κ3) is 42.9. The minimum Gasteiger partial charge on any atom is -0.457 e. The molecule has 0 spiro atoms.